The summed E-state index contributed by atoms with van der Waals surface area (Å²) in [4.78, 5) is 16.1. The van der Waals surface area contributed by atoms with E-state index in [1.54, 1.807) is 13.3 Å². The third-order valence-corrected chi connectivity index (χ3v) is 2.99. The van der Waals surface area contributed by atoms with Gasteiger partial charge in [0.05, 0.1) is 13.2 Å². The molecule has 6 heteroatoms. The van der Waals surface area contributed by atoms with Crippen LogP contribution in [-0.4, -0.2) is 42.3 Å². The molecule has 0 saturated heterocycles. The van der Waals surface area contributed by atoms with E-state index < -0.39 is 0 Å². The van der Waals surface area contributed by atoms with Crippen molar-refractivity contribution >= 4 is 11.6 Å². The van der Waals surface area contributed by atoms with Crippen LogP contribution in [0.25, 0.3) is 11.4 Å². The van der Waals surface area contributed by atoms with E-state index in [0.29, 0.717) is 13.2 Å². The number of hydrogen-bond acceptors (Lipinski definition) is 4. The Morgan fingerprint density at radius 2 is 2.29 bits per heavy atom. The quantitative estimate of drug-likeness (QED) is 0.753. The number of amides is 1. The van der Waals surface area contributed by atoms with E-state index >= 15 is 0 Å². The maximum Gasteiger partial charge on any atom is 0.238 e. The van der Waals surface area contributed by atoms with Gasteiger partial charge in [0.2, 0.25) is 5.91 Å². The van der Waals surface area contributed by atoms with Gasteiger partial charge in [-0.05, 0) is 12.1 Å². The largest absolute Gasteiger partial charge is 0.383 e. The molecule has 2 aromatic rings. The number of aromatic nitrogens is 2. The third kappa shape index (κ3) is 4.40. The number of carbonyl (C=O) groups is 1. The Hall–Kier alpha value is -2.18. The molecule has 0 fully saturated rings. The first kappa shape index (κ1) is 15.2. The minimum Gasteiger partial charge on any atom is -0.383 e. The van der Waals surface area contributed by atoms with Crippen LogP contribution in [0.4, 0.5) is 5.69 Å². The summed E-state index contributed by atoms with van der Waals surface area (Å²) < 4.78 is 6.84. The molecule has 1 amide bonds. The van der Waals surface area contributed by atoms with Crippen LogP contribution in [0.5, 0.6) is 0 Å². The Labute approximate surface area is 124 Å². The van der Waals surface area contributed by atoms with Gasteiger partial charge in [0.25, 0.3) is 0 Å². The molecule has 0 atom stereocenters. The molecule has 0 aliphatic heterocycles. The summed E-state index contributed by atoms with van der Waals surface area (Å²) in [6, 6.07) is 7.64. The molecular weight excluding hydrogens is 268 g/mol. The van der Waals surface area contributed by atoms with E-state index in [1.165, 1.54) is 0 Å². The van der Waals surface area contributed by atoms with Crippen molar-refractivity contribution in [2.75, 3.05) is 32.1 Å². The first-order valence-electron chi connectivity index (χ1n) is 6.78. The van der Waals surface area contributed by atoms with Crippen LogP contribution in [0, 0.1) is 0 Å². The Bertz CT molecular complexity index is 595. The molecule has 1 aromatic heterocycles. The van der Waals surface area contributed by atoms with E-state index in [-0.39, 0.29) is 12.5 Å². The summed E-state index contributed by atoms with van der Waals surface area (Å²) in [6.07, 6.45) is 3.64. The van der Waals surface area contributed by atoms with E-state index in [2.05, 4.69) is 15.6 Å². The summed E-state index contributed by atoms with van der Waals surface area (Å²) in [5.41, 5.74) is 1.72. The van der Waals surface area contributed by atoms with Crippen molar-refractivity contribution in [3.63, 3.8) is 0 Å². The van der Waals surface area contributed by atoms with Crippen molar-refractivity contribution in [3.05, 3.63) is 36.7 Å². The SMILES string of the molecule is COCCNCC(=O)Nc1cccc(-c2nccn2C)c1. The number of imidazole rings is 1. The number of aryl methyl sites for hydroxylation is 1. The third-order valence-electron chi connectivity index (χ3n) is 2.99. The smallest absolute Gasteiger partial charge is 0.238 e. The maximum absolute atomic E-state index is 11.8. The number of anilines is 1. The Kier molecular flexibility index (Phi) is 5.48. The molecule has 6 nitrogen and oxygen atoms in total. The summed E-state index contributed by atoms with van der Waals surface area (Å²) in [5.74, 6) is 0.785. The minimum atomic E-state index is -0.0805. The fraction of sp³-hybridized carbons (Fsp3) is 0.333. The second-order valence-electron chi connectivity index (χ2n) is 4.66. The zero-order valence-electron chi connectivity index (χ0n) is 12.3. The van der Waals surface area contributed by atoms with Crippen LogP contribution in [0.15, 0.2) is 36.7 Å². The average molecular weight is 288 g/mol. The molecule has 2 rings (SSSR count). The van der Waals surface area contributed by atoms with Crippen LogP contribution in [-0.2, 0) is 16.6 Å². The van der Waals surface area contributed by atoms with Crippen LogP contribution in [0.2, 0.25) is 0 Å². The van der Waals surface area contributed by atoms with Gasteiger partial charge in [0.15, 0.2) is 0 Å². The van der Waals surface area contributed by atoms with Crippen LogP contribution < -0.4 is 10.6 Å². The van der Waals surface area contributed by atoms with Crippen molar-refractivity contribution in [3.8, 4) is 11.4 Å². The lowest BCUT2D eigenvalue weighted by Gasteiger charge is -2.08. The number of hydrogen-bond donors (Lipinski definition) is 2. The number of nitrogens with one attached hydrogen (secondary N) is 2. The molecule has 1 aromatic carbocycles. The lowest BCUT2D eigenvalue weighted by atomic mass is 10.2. The lowest BCUT2D eigenvalue weighted by Crippen LogP contribution is -2.30. The van der Waals surface area contributed by atoms with E-state index in [4.69, 9.17) is 4.74 Å². The molecule has 0 saturated carbocycles. The van der Waals surface area contributed by atoms with Crippen LogP contribution in [0.1, 0.15) is 0 Å². The predicted octanol–water partition coefficient (Wildman–Crippen LogP) is 1.26. The predicted molar refractivity (Wildman–Crippen MR) is 82.0 cm³/mol. The summed E-state index contributed by atoms with van der Waals surface area (Å²) in [5, 5.41) is 5.87. The van der Waals surface area contributed by atoms with Gasteiger partial charge in [-0.25, -0.2) is 4.98 Å². The van der Waals surface area contributed by atoms with Gasteiger partial charge in [-0.2, -0.15) is 0 Å². The molecule has 0 radical (unpaired) electrons. The van der Waals surface area contributed by atoms with Gasteiger partial charge in [-0.1, -0.05) is 12.1 Å². The van der Waals surface area contributed by atoms with Crippen molar-refractivity contribution in [2.45, 2.75) is 0 Å². The number of benzene rings is 1. The Morgan fingerprint density at radius 3 is 3.00 bits per heavy atom. The molecule has 0 spiro atoms. The second kappa shape index (κ2) is 7.56. The Balaban J connectivity index is 1.95. The molecule has 21 heavy (non-hydrogen) atoms. The van der Waals surface area contributed by atoms with Gasteiger partial charge in [-0.3, -0.25) is 4.79 Å². The molecule has 1 heterocycles. The fourth-order valence-electron chi connectivity index (χ4n) is 1.96. The maximum atomic E-state index is 11.8. The van der Waals surface area contributed by atoms with E-state index in [1.807, 2.05) is 42.1 Å². The number of carbonyl (C=O) groups excluding carboxylic acids is 1. The number of rotatable bonds is 7. The summed E-state index contributed by atoms with van der Waals surface area (Å²) in [6.45, 7) is 1.50. The van der Waals surface area contributed by atoms with Crippen LogP contribution >= 0.6 is 0 Å². The first-order chi connectivity index (χ1) is 10.2. The average Bonchev–Trinajstić information content (AvgIpc) is 2.90. The zero-order valence-corrected chi connectivity index (χ0v) is 12.3. The highest BCUT2D eigenvalue weighted by molar-refractivity contribution is 5.92. The van der Waals surface area contributed by atoms with Crippen molar-refractivity contribution < 1.29 is 9.53 Å². The number of nitrogens with zero attached hydrogens (tertiary/aromatic N) is 2. The molecule has 0 unspecified atom stereocenters. The highest BCUT2D eigenvalue weighted by atomic mass is 16.5. The van der Waals surface area contributed by atoms with E-state index in [9.17, 15) is 4.79 Å². The first-order valence-corrected chi connectivity index (χ1v) is 6.78. The number of ether oxygens (including phenoxy) is 1. The monoisotopic (exact) mass is 288 g/mol. The fourth-order valence-corrected chi connectivity index (χ4v) is 1.96. The molecule has 2 N–H and O–H groups in total. The molecule has 0 aliphatic rings. The van der Waals surface area contributed by atoms with Crippen LogP contribution in [0.3, 0.4) is 0 Å². The lowest BCUT2D eigenvalue weighted by molar-refractivity contribution is -0.115. The van der Waals surface area contributed by atoms with Gasteiger partial charge in [-0.15, -0.1) is 0 Å². The molecule has 0 aliphatic carbocycles. The van der Waals surface area contributed by atoms with Gasteiger partial charge in [0.1, 0.15) is 5.82 Å². The molecular formula is C15H20N4O2. The highest BCUT2D eigenvalue weighted by Crippen LogP contribution is 2.20. The van der Waals surface area contributed by atoms with Gasteiger partial charge >= 0.3 is 0 Å². The molecule has 112 valence electrons. The van der Waals surface area contributed by atoms with Crippen molar-refractivity contribution in [2.24, 2.45) is 7.05 Å². The standard InChI is InChI=1S/C15H20N4O2/c1-19-8-6-17-15(19)12-4-3-5-13(10-12)18-14(20)11-16-7-9-21-2/h3-6,8,10,16H,7,9,11H2,1-2H3,(H,18,20). The van der Waals surface area contributed by atoms with Gasteiger partial charge in [0, 0.05) is 44.3 Å². The normalized spacial score (nSPS) is 10.6. The topological polar surface area (TPSA) is 68.2 Å². The second-order valence-corrected chi connectivity index (χ2v) is 4.66. The number of methoxy groups -OCH3 is 1. The zero-order chi connectivity index (χ0) is 15.1. The van der Waals surface area contributed by atoms with E-state index in [0.717, 1.165) is 17.1 Å². The Morgan fingerprint density at radius 1 is 1.43 bits per heavy atom. The van der Waals surface area contributed by atoms with Crippen molar-refractivity contribution in [1.82, 2.24) is 14.9 Å². The van der Waals surface area contributed by atoms with Gasteiger partial charge < -0.3 is 19.9 Å². The minimum absolute atomic E-state index is 0.0805. The highest BCUT2D eigenvalue weighted by Gasteiger charge is 2.06. The summed E-state index contributed by atoms with van der Waals surface area (Å²) in [7, 11) is 3.57. The summed E-state index contributed by atoms with van der Waals surface area (Å²) >= 11 is 0. The van der Waals surface area contributed by atoms with Crippen molar-refractivity contribution in [1.29, 1.82) is 0 Å². The molecule has 0 bridgehead atoms.